The Morgan fingerprint density at radius 3 is 2.23 bits per heavy atom. The van der Waals surface area contributed by atoms with Crippen LogP contribution in [-0.2, 0) is 18.9 Å². The highest BCUT2D eigenvalue weighted by Crippen LogP contribution is 2.39. The molecule has 1 aliphatic rings. The van der Waals surface area contributed by atoms with E-state index in [2.05, 4.69) is 9.31 Å². The minimum atomic E-state index is -5.13. The van der Waals surface area contributed by atoms with Crippen LogP contribution in [0.4, 0.5) is 13.2 Å². The van der Waals surface area contributed by atoms with Crippen molar-refractivity contribution in [2.45, 2.75) is 12.0 Å². The molecule has 1 fully saturated rings. The summed E-state index contributed by atoms with van der Waals surface area (Å²) in [5, 5.41) is 0. The van der Waals surface area contributed by atoms with Crippen LogP contribution in [0.15, 0.2) is 24.3 Å². The summed E-state index contributed by atoms with van der Waals surface area (Å²) in [6.45, 7) is -0.835. The summed E-state index contributed by atoms with van der Waals surface area (Å²) in [6.07, 6.45) is -5.13. The average molecular weight is 373 g/mol. The number of alkyl halides is 3. The van der Waals surface area contributed by atoms with Crippen molar-refractivity contribution < 1.29 is 41.6 Å². The molecule has 0 bridgehead atoms. The van der Waals surface area contributed by atoms with Crippen LogP contribution in [0, 0.1) is 0 Å². The van der Waals surface area contributed by atoms with E-state index in [0.717, 1.165) is 6.07 Å². The van der Waals surface area contributed by atoms with Crippen LogP contribution < -0.4 is 4.74 Å². The Balaban J connectivity index is 2.41. The molecule has 26 heavy (non-hydrogen) atoms. The Morgan fingerprint density at radius 1 is 1.19 bits per heavy atom. The predicted octanol–water partition coefficient (Wildman–Crippen LogP) is 1.33. The van der Waals surface area contributed by atoms with Crippen LogP contribution in [0.1, 0.15) is 10.4 Å². The molecule has 0 aromatic heterocycles. The van der Waals surface area contributed by atoms with Gasteiger partial charge in [-0.1, -0.05) is 12.1 Å². The van der Waals surface area contributed by atoms with E-state index in [-0.39, 0.29) is 11.3 Å². The van der Waals surface area contributed by atoms with Crippen molar-refractivity contribution in [3.05, 3.63) is 29.8 Å². The first-order chi connectivity index (χ1) is 12.1. The predicted molar refractivity (Wildman–Crippen MR) is 82.6 cm³/mol. The van der Waals surface area contributed by atoms with E-state index in [1.807, 2.05) is 0 Å². The second-order valence-electron chi connectivity index (χ2n) is 5.60. The highest BCUT2D eigenvalue weighted by Gasteiger charge is 2.59. The molecule has 1 atom stereocenters. The fourth-order valence-corrected chi connectivity index (χ4v) is 2.43. The number of hydrogen-bond acceptors (Lipinski definition) is 7. The third-order valence-corrected chi connectivity index (χ3v) is 3.57. The van der Waals surface area contributed by atoms with Gasteiger partial charge in [0, 0.05) is 0 Å². The normalized spacial score (nSPS) is 17.7. The molecule has 0 N–H and O–H groups in total. The fraction of sp³-hybridized carbons (Fsp3) is 0.400. The maximum atomic E-state index is 13.6. The zero-order valence-electron chi connectivity index (χ0n) is 13.9. The number of carbonyl (C=O) groups excluding carboxylic acids is 3. The van der Waals surface area contributed by atoms with Gasteiger partial charge in [0.15, 0.2) is 11.6 Å². The van der Waals surface area contributed by atoms with Crippen LogP contribution in [0.25, 0.3) is 0 Å². The second kappa shape index (κ2) is 7.77. The molecule has 0 aliphatic carbocycles. The molecule has 1 aromatic carbocycles. The van der Waals surface area contributed by atoms with Crippen molar-refractivity contribution in [2.75, 3.05) is 27.2 Å². The summed E-state index contributed by atoms with van der Waals surface area (Å²) in [4.78, 5) is 37.2. The number of benzene rings is 1. The Labute approximate surface area is 147 Å². The SMILES string of the molecule is COc1ccccc1C(=O)[C@@H](B1OC(=O)CN(C)CC(=O)O1)C(F)(F)F. The molecule has 0 radical (unpaired) electrons. The molecular weight excluding hydrogens is 358 g/mol. The van der Waals surface area contributed by atoms with Crippen molar-refractivity contribution in [2.24, 2.45) is 0 Å². The molecular formula is C15H15BF3NO6. The third kappa shape index (κ3) is 4.54. The molecule has 0 spiro atoms. The standard InChI is InChI=1S/C15H15BF3NO6/c1-20-7-11(21)25-16(26-12(22)8-20)14(15(17,18)19)13(23)9-5-3-4-6-10(9)24-2/h3-6,14H,7-8H2,1-2H3/t14-/m1/s1. The van der Waals surface area contributed by atoms with Crippen LogP contribution in [0.2, 0.25) is 5.82 Å². The van der Waals surface area contributed by atoms with E-state index in [9.17, 15) is 27.6 Å². The number of halogens is 3. The minimum Gasteiger partial charge on any atom is -0.498 e. The average Bonchev–Trinajstić information content (AvgIpc) is 2.51. The van der Waals surface area contributed by atoms with Crippen molar-refractivity contribution >= 4 is 24.8 Å². The molecule has 11 heteroatoms. The van der Waals surface area contributed by atoms with Crippen molar-refractivity contribution in [3.63, 3.8) is 0 Å². The lowest BCUT2D eigenvalue weighted by atomic mass is 9.67. The van der Waals surface area contributed by atoms with Gasteiger partial charge in [0.25, 0.3) is 0 Å². The zero-order valence-corrected chi connectivity index (χ0v) is 13.9. The number of likely N-dealkylation sites (N-methyl/N-ethyl adjacent to an activating group) is 1. The summed E-state index contributed by atoms with van der Waals surface area (Å²) in [6, 6.07) is 5.28. The van der Waals surface area contributed by atoms with E-state index in [0.29, 0.717) is 0 Å². The molecule has 1 aromatic rings. The second-order valence-corrected chi connectivity index (χ2v) is 5.60. The highest BCUT2D eigenvalue weighted by molar-refractivity contribution is 6.57. The monoisotopic (exact) mass is 373 g/mol. The molecule has 1 saturated heterocycles. The van der Waals surface area contributed by atoms with Gasteiger partial charge >= 0.3 is 25.2 Å². The van der Waals surface area contributed by atoms with Gasteiger partial charge < -0.3 is 14.0 Å². The first kappa shape index (κ1) is 19.8. The topological polar surface area (TPSA) is 82.1 Å². The summed E-state index contributed by atoms with van der Waals surface area (Å²) >= 11 is 0. The number of hydrogen-bond donors (Lipinski definition) is 0. The summed E-state index contributed by atoms with van der Waals surface area (Å²) in [7, 11) is 0.172. The molecule has 1 heterocycles. The van der Waals surface area contributed by atoms with Gasteiger partial charge in [0.1, 0.15) is 5.75 Å². The quantitative estimate of drug-likeness (QED) is 0.582. The van der Waals surface area contributed by atoms with Crippen molar-refractivity contribution in [1.82, 2.24) is 4.90 Å². The largest absolute Gasteiger partial charge is 0.619 e. The third-order valence-electron chi connectivity index (χ3n) is 3.57. The van der Waals surface area contributed by atoms with Crippen molar-refractivity contribution in [3.8, 4) is 5.75 Å². The van der Waals surface area contributed by atoms with E-state index < -0.39 is 49.9 Å². The molecule has 0 amide bonds. The smallest absolute Gasteiger partial charge is 0.498 e. The van der Waals surface area contributed by atoms with Gasteiger partial charge in [0.05, 0.1) is 25.8 Å². The maximum absolute atomic E-state index is 13.6. The summed E-state index contributed by atoms with van der Waals surface area (Å²) in [5.74, 6) is -6.50. The Hall–Kier alpha value is -2.56. The molecule has 1 aliphatic heterocycles. The molecule has 7 nitrogen and oxygen atoms in total. The van der Waals surface area contributed by atoms with Gasteiger partial charge in [-0.2, -0.15) is 13.2 Å². The van der Waals surface area contributed by atoms with Crippen LogP contribution >= 0.6 is 0 Å². The molecule has 2 rings (SSSR count). The van der Waals surface area contributed by atoms with E-state index in [1.54, 1.807) is 0 Å². The number of rotatable bonds is 4. The number of carbonyl (C=O) groups is 3. The fourth-order valence-electron chi connectivity index (χ4n) is 2.43. The van der Waals surface area contributed by atoms with E-state index in [1.165, 1.54) is 37.3 Å². The van der Waals surface area contributed by atoms with Gasteiger partial charge in [-0.05, 0) is 19.2 Å². The van der Waals surface area contributed by atoms with E-state index in [4.69, 9.17) is 4.74 Å². The zero-order chi connectivity index (χ0) is 19.5. The first-order valence-electron chi connectivity index (χ1n) is 7.45. The van der Waals surface area contributed by atoms with Gasteiger partial charge in [0.2, 0.25) is 0 Å². The Morgan fingerprint density at radius 2 is 1.73 bits per heavy atom. The minimum absolute atomic E-state index is 0.0880. The highest BCUT2D eigenvalue weighted by atomic mass is 19.4. The maximum Gasteiger partial charge on any atom is 0.619 e. The first-order valence-corrected chi connectivity index (χ1v) is 7.45. The molecule has 0 saturated carbocycles. The number of nitrogens with zero attached hydrogens (tertiary/aromatic N) is 1. The van der Waals surface area contributed by atoms with Gasteiger partial charge in [-0.25, -0.2) is 0 Å². The number of methoxy groups -OCH3 is 1. The molecule has 0 unspecified atom stereocenters. The van der Waals surface area contributed by atoms with Crippen LogP contribution in [0.5, 0.6) is 5.75 Å². The van der Waals surface area contributed by atoms with E-state index >= 15 is 0 Å². The van der Waals surface area contributed by atoms with Crippen LogP contribution in [0.3, 0.4) is 0 Å². The summed E-state index contributed by atoms with van der Waals surface area (Å²) < 4.78 is 54.9. The van der Waals surface area contributed by atoms with Gasteiger partial charge in [-0.3, -0.25) is 19.3 Å². The number of para-hydroxylation sites is 1. The lowest BCUT2D eigenvalue weighted by Gasteiger charge is -2.27. The van der Waals surface area contributed by atoms with Gasteiger partial charge in [-0.15, -0.1) is 0 Å². The summed E-state index contributed by atoms with van der Waals surface area (Å²) in [5.41, 5.74) is -0.372. The van der Waals surface area contributed by atoms with Crippen LogP contribution in [-0.4, -0.2) is 63.2 Å². The lowest BCUT2D eigenvalue weighted by molar-refractivity contribution is -0.150. The number of ether oxygens (including phenoxy) is 1. The Kier molecular flexibility index (Phi) is 5.91. The lowest BCUT2D eigenvalue weighted by Crippen LogP contribution is -2.49. The van der Waals surface area contributed by atoms with Crippen molar-refractivity contribution in [1.29, 1.82) is 0 Å². The molecule has 140 valence electrons. The number of Topliss-reactive ketones (excluding diaryl/α,β-unsaturated/α-hetero) is 1. The Bertz CT molecular complexity index is 691. The number of ketones is 1.